The number of hydrogen-bond donors (Lipinski definition) is 2. The van der Waals surface area contributed by atoms with Crippen LogP contribution in [0.25, 0.3) is 0 Å². The Labute approximate surface area is 220 Å². The fraction of sp³-hybridized carbons (Fsp3) is 0.607. The quantitative estimate of drug-likeness (QED) is 0.513. The first-order chi connectivity index (χ1) is 18.1. The Bertz CT molecular complexity index is 1240. The van der Waals surface area contributed by atoms with Crippen molar-refractivity contribution in [2.75, 3.05) is 13.7 Å². The van der Waals surface area contributed by atoms with Gasteiger partial charge in [-0.15, -0.1) is 0 Å². The summed E-state index contributed by atoms with van der Waals surface area (Å²) in [5.74, 6) is -0.875. The molecule has 1 spiro atoms. The Balaban J connectivity index is 1.14. The van der Waals surface area contributed by atoms with Crippen LogP contribution in [0.15, 0.2) is 24.0 Å². The van der Waals surface area contributed by atoms with Crippen molar-refractivity contribution < 1.29 is 43.2 Å². The number of ether oxygens (including phenoxy) is 5. The van der Waals surface area contributed by atoms with Gasteiger partial charge in [0.2, 0.25) is 11.7 Å². The third-order valence-corrected chi connectivity index (χ3v) is 8.76. The molecule has 1 amide bonds. The highest BCUT2D eigenvalue weighted by molar-refractivity contribution is 5.85. The van der Waals surface area contributed by atoms with Crippen molar-refractivity contribution in [2.45, 2.75) is 87.8 Å². The Morgan fingerprint density at radius 1 is 1.26 bits per heavy atom. The van der Waals surface area contributed by atoms with E-state index in [0.717, 1.165) is 36.8 Å². The first-order valence-electron chi connectivity index (χ1n) is 13.3. The van der Waals surface area contributed by atoms with Gasteiger partial charge in [-0.1, -0.05) is 12.5 Å². The standard InChI is InChI=1S/C28H33NO9/c1-26(2)37-19(25(32)38-26)14-20(30)29-12-9-21(31)35-18-8-11-28(33)16-5-4-10-27(28)22-15(13-16)6-7-17(34-3)23(22)36-24(18)27/h6-8,16,19,24,33H,4-5,9-14H2,1-3H3,(H,29,30)/t16-,19+,24+,27+,28-/m1/s1. The molecule has 2 fully saturated rings. The minimum Gasteiger partial charge on any atom is -0.493 e. The molecule has 2 bridgehead atoms. The van der Waals surface area contributed by atoms with Gasteiger partial charge in [0.05, 0.1) is 31.0 Å². The topological polar surface area (TPSA) is 130 Å². The number of hydrogen-bond acceptors (Lipinski definition) is 9. The maximum absolute atomic E-state index is 12.8. The molecular formula is C28H33NO9. The fourth-order valence-electron chi connectivity index (χ4n) is 7.26. The summed E-state index contributed by atoms with van der Waals surface area (Å²) in [6, 6.07) is 3.96. The molecule has 0 radical (unpaired) electrons. The first kappa shape index (κ1) is 25.2. The summed E-state index contributed by atoms with van der Waals surface area (Å²) in [5.41, 5.74) is 0.467. The number of methoxy groups -OCH3 is 1. The van der Waals surface area contributed by atoms with E-state index in [1.807, 2.05) is 6.07 Å². The summed E-state index contributed by atoms with van der Waals surface area (Å²) >= 11 is 0. The number of rotatable bonds is 7. The highest BCUT2D eigenvalue weighted by Crippen LogP contribution is 2.67. The van der Waals surface area contributed by atoms with Gasteiger partial charge >= 0.3 is 11.9 Å². The number of esters is 2. The molecule has 1 saturated carbocycles. The molecule has 38 heavy (non-hydrogen) atoms. The van der Waals surface area contributed by atoms with Crippen molar-refractivity contribution in [3.05, 3.63) is 35.1 Å². The van der Waals surface area contributed by atoms with E-state index in [4.69, 9.17) is 23.7 Å². The monoisotopic (exact) mass is 527 g/mol. The van der Waals surface area contributed by atoms with Crippen LogP contribution >= 0.6 is 0 Å². The minimum absolute atomic E-state index is 0.0387. The fourth-order valence-corrected chi connectivity index (χ4v) is 7.26. The molecule has 0 aromatic heterocycles. The molecule has 2 heterocycles. The molecule has 5 aliphatic rings. The van der Waals surface area contributed by atoms with Gasteiger partial charge in [-0.25, -0.2) is 4.79 Å². The zero-order valence-corrected chi connectivity index (χ0v) is 21.8. The number of nitrogens with one attached hydrogen (secondary N) is 1. The highest BCUT2D eigenvalue weighted by atomic mass is 16.8. The van der Waals surface area contributed by atoms with Crippen LogP contribution in [0.4, 0.5) is 0 Å². The molecule has 6 rings (SSSR count). The van der Waals surface area contributed by atoms with E-state index < -0.39 is 46.9 Å². The van der Waals surface area contributed by atoms with Gasteiger partial charge in [0.15, 0.2) is 23.7 Å². The van der Waals surface area contributed by atoms with Crippen molar-refractivity contribution in [1.29, 1.82) is 0 Å². The lowest BCUT2D eigenvalue weighted by molar-refractivity contribution is -0.161. The third kappa shape index (κ3) is 3.64. The van der Waals surface area contributed by atoms with Crippen LogP contribution in [0.1, 0.15) is 63.5 Å². The van der Waals surface area contributed by atoms with Crippen LogP contribution < -0.4 is 14.8 Å². The maximum Gasteiger partial charge on any atom is 0.338 e. The van der Waals surface area contributed by atoms with Gasteiger partial charge in [-0.2, -0.15) is 0 Å². The van der Waals surface area contributed by atoms with Gasteiger partial charge in [0, 0.05) is 26.0 Å². The Kier molecular flexibility index (Phi) is 5.77. The van der Waals surface area contributed by atoms with Crippen molar-refractivity contribution in [3.8, 4) is 11.5 Å². The van der Waals surface area contributed by atoms with Gasteiger partial charge in [0.25, 0.3) is 0 Å². The number of carbonyl (C=O) groups is 3. The van der Waals surface area contributed by atoms with Gasteiger partial charge in [0.1, 0.15) is 5.76 Å². The van der Waals surface area contributed by atoms with Crippen molar-refractivity contribution in [2.24, 2.45) is 5.92 Å². The van der Waals surface area contributed by atoms with Crippen LogP contribution in [0.2, 0.25) is 0 Å². The highest BCUT2D eigenvalue weighted by Gasteiger charge is 2.70. The van der Waals surface area contributed by atoms with Gasteiger partial charge < -0.3 is 34.1 Å². The summed E-state index contributed by atoms with van der Waals surface area (Å²) < 4.78 is 28.4. The van der Waals surface area contributed by atoms with Crippen LogP contribution in [0.3, 0.4) is 0 Å². The van der Waals surface area contributed by atoms with E-state index in [9.17, 15) is 19.5 Å². The normalized spacial score (nSPS) is 33.4. The third-order valence-electron chi connectivity index (χ3n) is 8.76. The van der Waals surface area contributed by atoms with Crippen LogP contribution in [-0.4, -0.2) is 60.2 Å². The molecule has 5 atom stereocenters. The second-order valence-corrected chi connectivity index (χ2v) is 11.3. The van der Waals surface area contributed by atoms with Crippen LogP contribution in [-0.2, 0) is 40.4 Å². The zero-order chi connectivity index (χ0) is 26.9. The summed E-state index contributed by atoms with van der Waals surface area (Å²) in [6.45, 7) is 3.24. The van der Waals surface area contributed by atoms with Crippen LogP contribution in [0, 0.1) is 5.92 Å². The number of benzene rings is 1. The maximum atomic E-state index is 12.8. The lowest BCUT2D eigenvalue weighted by Gasteiger charge is -2.59. The molecule has 1 aromatic carbocycles. The number of carbonyl (C=O) groups excluding carboxylic acids is 3. The van der Waals surface area contributed by atoms with Gasteiger partial charge in [-0.05, 0) is 49.3 Å². The Morgan fingerprint density at radius 3 is 2.82 bits per heavy atom. The zero-order valence-electron chi connectivity index (χ0n) is 21.8. The van der Waals surface area contributed by atoms with E-state index in [-0.39, 0.29) is 25.3 Å². The smallest absolute Gasteiger partial charge is 0.338 e. The van der Waals surface area contributed by atoms with E-state index in [1.54, 1.807) is 27.0 Å². The molecule has 2 N–H and O–H groups in total. The largest absolute Gasteiger partial charge is 0.493 e. The van der Waals surface area contributed by atoms with Crippen molar-refractivity contribution >= 4 is 17.8 Å². The lowest BCUT2D eigenvalue weighted by atomic mass is 9.47. The molecule has 204 valence electrons. The summed E-state index contributed by atoms with van der Waals surface area (Å²) in [7, 11) is 1.59. The van der Waals surface area contributed by atoms with E-state index in [0.29, 0.717) is 23.7 Å². The van der Waals surface area contributed by atoms with Gasteiger partial charge in [-0.3, -0.25) is 9.59 Å². The summed E-state index contributed by atoms with van der Waals surface area (Å²) in [4.78, 5) is 36.9. The van der Waals surface area contributed by atoms with Crippen molar-refractivity contribution in [1.82, 2.24) is 5.32 Å². The molecule has 1 aromatic rings. The van der Waals surface area contributed by atoms with Crippen molar-refractivity contribution in [3.63, 3.8) is 0 Å². The summed E-state index contributed by atoms with van der Waals surface area (Å²) in [6.07, 6.45) is 3.69. The predicted molar refractivity (Wildman–Crippen MR) is 131 cm³/mol. The number of cyclic esters (lactones) is 1. The second kappa shape index (κ2) is 8.71. The SMILES string of the molecule is COc1ccc2c3c1O[C@H]1C(OC(=O)CCNC(=O)C[C@@H]4OC(C)(C)OC4=O)=CC[C@@]4(O)[C@H](CCC[C@]314)C2. The molecule has 1 saturated heterocycles. The molecule has 3 aliphatic carbocycles. The number of aliphatic hydroxyl groups is 1. The second-order valence-electron chi connectivity index (χ2n) is 11.3. The predicted octanol–water partition coefficient (Wildman–Crippen LogP) is 2.19. The molecule has 10 heteroatoms. The average Bonchev–Trinajstić information content (AvgIpc) is 3.32. The number of amides is 1. The van der Waals surface area contributed by atoms with E-state index in [2.05, 4.69) is 11.4 Å². The Hall–Kier alpha value is -3.11. The molecule has 2 aliphatic heterocycles. The molecule has 10 nitrogen and oxygen atoms in total. The average molecular weight is 528 g/mol. The first-order valence-corrected chi connectivity index (χ1v) is 13.3. The summed E-state index contributed by atoms with van der Waals surface area (Å²) in [5, 5.41) is 14.7. The minimum atomic E-state index is -1.06. The van der Waals surface area contributed by atoms with E-state index in [1.165, 1.54) is 0 Å². The van der Waals surface area contributed by atoms with Crippen LogP contribution in [0.5, 0.6) is 11.5 Å². The Morgan fingerprint density at radius 2 is 2.08 bits per heavy atom. The van der Waals surface area contributed by atoms with E-state index >= 15 is 0 Å². The molecule has 0 unspecified atom stereocenters. The molecular weight excluding hydrogens is 494 g/mol. The lowest BCUT2D eigenvalue weighted by Crippen LogP contribution is -2.67.